The molecule has 0 unspecified atom stereocenters. The van der Waals surface area contributed by atoms with Crippen LogP contribution in [-0.4, -0.2) is 61.5 Å². The Morgan fingerprint density at radius 2 is 1.80 bits per heavy atom. The molecule has 1 aromatic heterocycles. The summed E-state index contributed by atoms with van der Waals surface area (Å²) in [6.07, 6.45) is -1.58. The molecule has 0 radical (unpaired) electrons. The number of amides is 1. The minimum Gasteiger partial charge on any atom is -0.493 e. The lowest BCUT2D eigenvalue weighted by atomic mass is 10.2. The summed E-state index contributed by atoms with van der Waals surface area (Å²) in [5.41, 5.74) is 0.470. The van der Waals surface area contributed by atoms with Crippen molar-refractivity contribution in [3.63, 3.8) is 0 Å². The number of anilines is 1. The number of nitrogens with zero attached hydrogens (tertiary/aromatic N) is 3. The number of benzene rings is 1. The topological polar surface area (TPSA) is 77.9 Å². The van der Waals surface area contributed by atoms with Crippen LogP contribution in [0.4, 0.5) is 18.9 Å². The average molecular weight is 430 g/mol. The van der Waals surface area contributed by atoms with Gasteiger partial charge in [0.25, 0.3) is 0 Å². The summed E-state index contributed by atoms with van der Waals surface area (Å²) in [6.45, 7) is -0.590. The first-order valence-corrected chi connectivity index (χ1v) is 9.02. The number of carbonyl (C=O) groups is 1. The zero-order chi connectivity index (χ0) is 22.3. The molecule has 0 aliphatic rings. The quantitative estimate of drug-likeness (QED) is 0.625. The lowest BCUT2D eigenvalue weighted by molar-refractivity contribution is -0.141. The summed E-state index contributed by atoms with van der Waals surface area (Å²) in [5, 5.41) is 2.75. The molecule has 0 bridgehead atoms. The highest BCUT2D eigenvalue weighted by molar-refractivity contribution is 5.91. The van der Waals surface area contributed by atoms with Crippen LogP contribution in [0.1, 0.15) is 12.2 Å². The second-order valence-electron chi connectivity index (χ2n) is 6.54. The third-order valence-electron chi connectivity index (χ3n) is 4.23. The van der Waals surface area contributed by atoms with Crippen molar-refractivity contribution in [1.29, 1.82) is 0 Å². The highest BCUT2D eigenvalue weighted by Crippen LogP contribution is 2.39. The maximum absolute atomic E-state index is 12.6. The molecule has 1 N–H and O–H groups in total. The van der Waals surface area contributed by atoms with E-state index in [1.165, 1.54) is 33.7 Å². The van der Waals surface area contributed by atoms with Crippen molar-refractivity contribution in [3.8, 4) is 17.2 Å². The van der Waals surface area contributed by atoms with E-state index in [2.05, 4.69) is 10.3 Å². The molecule has 30 heavy (non-hydrogen) atoms. The molecule has 1 amide bonds. The van der Waals surface area contributed by atoms with E-state index >= 15 is 0 Å². The summed E-state index contributed by atoms with van der Waals surface area (Å²) in [6, 6.07) is 3.22. The molecule has 0 aliphatic heterocycles. The number of hydrogen-bond donors (Lipinski definition) is 1. The van der Waals surface area contributed by atoms with Gasteiger partial charge in [-0.3, -0.25) is 9.69 Å². The Kier molecular flexibility index (Phi) is 7.93. The van der Waals surface area contributed by atoms with Gasteiger partial charge in [-0.05, 0) is 7.05 Å². The third-order valence-corrected chi connectivity index (χ3v) is 4.23. The van der Waals surface area contributed by atoms with Crippen LogP contribution >= 0.6 is 0 Å². The second kappa shape index (κ2) is 10.2. The van der Waals surface area contributed by atoms with Gasteiger partial charge in [-0.15, -0.1) is 0 Å². The van der Waals surface area contributed by atoms with Gasteiger partial charge in [-0.2, -0.15) is 13.2 Å². The summed E-state index contributed by atoms with van der Waals surface area (Å²) < 4.78 is 54.6. The van der Waals surface area contributed by atoms with E-state index < -0.39 is 12.7 Å². The van der Waals surface area contributed by atoms with Gasteiger partial charge in [-0.25, -0.2) is 4.98 Å². The van der Waals surface area contributed by atoms with Gasteiger partial charge in [0.05, 0.1) is 27.9 Å². The number of imidazole rings is 1. The molecule has 1 aromatic carbocycles. The number of rotatable bonds is 10. The van der Waals surface area contributed by atoms with Crippen LogP contribution in [0.3, 0.4) is 0 Å². The van der Waals surface area contributed by atoms with E-state index in [1.807, 2.05) is 0 Å². The monoisotopic (exact) mass is 430 g/mol. The van der Waals surface area contributed by atoms with Crippen LogP contribution in [0.2, 0.25) is 0 Å². The SMILES string of the molecule is COc1cc(NC(=O)CCN(C)Cc2nccn2CC(F)(F)F)cc(OC)c1OC. The molecule has 0 fully saturated rings. The molecule has 0 spiro atoms. The molecule has 1 heterocycles. The maximum atomic E-state index is 12.6. The summed E-state index contributed by atoms with van der Waals surface area (Å²) in [5.74, 6) is 1.23. The molecule has 2 aromatic rings. The molecular formula is C19H25F3N4O4. The Labute approximate surface area is 172 Å². The normalized spacial score (nSPS) is 11.5. The number of ether oxygens (including phenoxy) is 3. The number of nitrogens with one attached hydrogen (secondary N) is 1. The maximum Gasteiger partial charge on any atom is 0.406 e. The van der Waals surface area contributed by atoms with Gasteiger partial charge in [0, 0.05) is 43.2 Å². The minimum absolute atomic E-state index is 0.132. The van der Waals surface area contributed by atoms with Crippen LogP contribution in [0.15, 0.2) is 24.5 Å². The molecule has 0 saturated carbocycles. The van der Waals surface area contributed by atoms with Crippen LogP contribution in [0.25, 0.3) is 0 Å². The summed E-state index contributed by atoms with van der Waals surface area (Å²) in [4.78, 5) is 18.0. The first-order chi connectivity index (χ1) is 14.2. The van der Waals surface area contributed by atoms with E-state index in [1.54, 1.807) is 24.1 Å². The molecular weight excluding hydrogens is 405 g/mol. The average Bonchev–Trinajstić information content (AvgIpc) is 3.10. The predicted octanol–water partition coefficient (Wildman–Crippen LogP) is 2.93. The van der Waals surface area contributed by atoms with Gasteiger partial charge in [0.1, 0.15) is 12.4 Å². The van der Waals surface area contributed by atoms with Crippen LogP contribution in [0.5, 0.6) is 17.2 Å². The van der Waals surface area contributed by atoms with Crippen molar-refractivity contribution < 1.29 is 32.2 Å². The number of aromatic nitrogens is 2. The summed E-state index contributed by atoms with van der Waals surface area (Å²) in [7, 11) is 6.13. The molecule has 2 rings (SSSR count). The third kappa shape index (κ3) is 6.55. The van der Waals surface area contributed by atoms with Crippen LogP contribution < -0.4 is 19.5 Å². The highest BCUT2D eigenvalue weighted by atomic mass is 19.4. The first kappa shape index (κ1) is 23.3. The minimum atomic E-state index is -4.33. The van der Waals surface area contributed by atoms with Gasteiger partial charge >= 0.3 is 6.18 Å². The standard InChI is InChI=1S/C19H25F3N4O4/c1-25(11-16-23-6-8-26(16)12-19(20,21)22)7-5-17(27)24-13-9-14(28-2)18(30-4)15(10-13)29-3/h6,8-10H,5,7,11-12H2,1-4H3,(H,24,27). The van der Waals surface area contributed by atoms with Crippen LogP contribution in [0, 0.1) is 0 Å². The van der Waals surface area contributed by atoms with Crippen LogP contribution in [-0.2, 0) is 17.9 Å². The Bertz CT molecular complexity index is 830. The fourth-order valence-electron chi connectivity index (χ4n) is 2.82. The molecule has 0 atom stereocenters. The largest absolute Gasteiger partial charge is 0.493 e. The lowest BCUT2D eigenvalue weighted by Crippen LogP contribution is -2.27. The highest BCUT2D eigenvalue weighted by Gasteiger charge is 2.29. The molecule has 0 saturated heterocycles. The van der Waals surface area contributed by atoms with Gasteiger partial charge in [0.2, 0.25) is 11.7 Å². The van der Waals surface area contributed by atoms with E-state index in [9.17, 15) is 18.0 Å². The fourth-order valence-corrected chi connectivity index (χ4v) is 2.82. The van der Waals surface area contributed by atoms with E-state index in [0.717, 1.165) is 4.57 Å². The first-order valence-electron chi connectivity index (χ1n) is 9.02. The predicted molar refractivity (Wildman–Crippen MR) is 104 cm³/mol. The fraction of sp³-hybridized carbons (Fsp3) is 0.474. The van der Waals surface area contributed by atoms with Gasteiger partial charge in [-0.1, -0.05) is 0 Å². The number of hydrogen-bond acceptors (Lipinski definition) is 6. The number of methoxy groups -OCH3 is 3. The Balaban J connectivity index is 1.93. The lowest BCUT2D eigenvalue weighted by Gasteiger charge is -2.18. The molecule has 166 valence electrons. The molecule has 8 nitrogen and oxygen atoms in total. The van der Waals surface area contributed by atoms with Crippen molar-refractivity contribution in [2.45, 2.75) is 25.7 Å². The van der Waals surface area contributed by atoms with E-state index in [4.69, 9.17) is 14.2 Å². The zero-order valence-corrected chi connectivity index (χ0v) is 17.2. The molecule has 11 heteroatoms. The zero-order valence-electron chi connectivity index (χ0n) is 17.2. The van der Waals surface area contributed by atoms with Crippen molar-refractivity contribution in [3.05, 3.63) is 30.4 Å². The van der Waals surface area contributed by atoms with Crippen molar-refractivity contribution in [2.75, 3.05) is 40.2 Å². The number of halogens is 3. The number of alkyl halides is 3. The Hall–Kier alpha value is -2.95. The van der Waals surface area contributed by atoms with Gasteiger partial charge in [0.15, 0.2) is 11.5 Å². The van der Waals surface area contributed by atoms with Crippen molar-refractivity contribution in [1.82, 2.24) is 14.5 Å². The smallest absolute Gasteiger partial charge is 0.406 e. The van der Waals surface area contributed by atoms with Crippen molar-refractivity contribution in [2.24, 2.45) is 0 Å². The van der Waals surface area contributed by atoms with Crippen molar-refractivity contribution >= 4 is 11.6 Å². The van der Waals surface area contributed by atoms with E-state index in [-0.39, 0.29) is 24.7 Å². The summed E-state index contributed by atoms with van der Waals surface area (Å²) >= 11 is 0. The van der Waals surface area contributed by atoms with E-state index in [0.29, 0.717) is 29.5 Å². The molecule has 0 aliphatic carbocycles. The number of carbonyl (C=O) groups excluding carboxylic acids is 1. The van der Waals surface area contributed by atoms with Gasteiger partial charge < -0.3 is 24.1 Å². The second-order valence-corrected chi connectivity index (χ2v) is 6.54. The Morgan fingerprint density at radius 1 is 1.17 bits per heavy atom. The Morgan fingerprint density at radius 3 is 2.33 bits per heavy atom.